The third-order valence-electron chi connectivity index (χ3n) is 5.81. The van der Waals surface area contributed by atoms with Crippen LogP contribution in [0.4, 0.5) is 0 Å². The lowest BCUT2D eigenvalue weighted by Crippen LogP contribution is -2.22. The highest BCUT2D eigenvalue weighted by Gasteiger charge is 2.20. The molecule has 0 atom stereocenters. The number of fused-ring (bicyclic) bond motifs is 3. The van der Waals surface area contributed by atoms with Crippen LogP contribution in [0.3, 0.4) is 0 Å². The van der Waals surface area contributed by atoms with E-state index in [9.17, 15) is 9.90 Å². The van der Waals surface area contributed by atoms with E-state index < -0.39 is 5.97 Å². The van der Waals surface area contributed by atoms with Gasteiger partial charge in [-0.25, -0.2) is 4.98 Å². The predicted molar refractivity (Wildman–Crippen MR) is 121 cm³/mol. The van der Waals surface area contributed by atoms with Crippen LogP contribution >= 0.6 is 0 Å². The van der Waals surface area contributed by atoms with Gasteiger partial charge >= 0.3 is 0 Å². The van der Waals surface area contributed by atoms with Crippen molar-refractivity contribution in [3.05, 3.63) is 89.3 Å². The Labute approximate surface area is 190 Å². The lowest BCUT2D eigenvalue weighted by atomic mass is 9.93. The fraction of sp³-hybridized carbons (Fsp3) is 0.154. The van der Waals surface area contributed by atoms with E-state index in [2.05, 4.69) is 11.1 Å². The molecule has 1 aliphatic heterocycles. The lowest BCUT2D eigenvalue weighted by molar-refractivity contribution is -0.255. The van der Waals surface area contributed by atoms with Gasteiger partial charge in [0.1, 0.15) is 29.4 Å². The number of imidazole rings is 1. The van der Waals surface area contributed by atoms with Crippen LogP contribution < -0.4 is 19.3 Å². The molecule has 0 N–H and O–H groups in total. The SMILES string of the molecule is COc1cc(OC)c2ncn(C/C=C3\c4ccccc4COc4ccc(C(=O)[O-])cc43)c2c1. The summed E-state index contributed by atoms with van der Waals surface area (Å²) in [7, 11) is 3.21. The Kier molecular flexibility index (Phi) is 5.22. The number of carbonyl (C=O) groups excluding carboxylic acids is 1. The average molecular weight is 441 g/mol. The van der Waals surface area contributed by atoms with E-state index in [1.54, 1.807) is 38.7 Å². The minimum atomic E-state index is -1.23. The number of methoxy groups -OCH3 is 2. The maximum Gasteiger partial charge on any atom is 0.150 e. The van der Waals surface area contributed by atoms with Gasteiger partial charge < -0.3 is 28.7 Å². The van der Waals surface area contributed by atoms with Crippen LogP contribution in [0.25, 0.3) is 16.6 Å². The minimum absolute atomic E-state index is 0.102. The highest BCUT2D eigenvalue weighted by molar-refractivity contribution is 5.91. The molecule has 0 radical (unpaired) electrons. The summed E-state index contributed by atoms with van der Waals surface area (Å²) in [6, 6.07) is 16.5. The molecule has 1 aliphatic rings. The first-order valence-electron chi connectivity index (χ1n) is 10.4. The van der Waals surface area contributed by atoms with E-state index in [0.29, 0.717) is 36.0 Å². The minimum Gasteiger partial charge on any atom is -0.545 e. The Hall–Kier alpha value is -4.26. The molecule has 166 valence electrons. The Bertz CT molecular complexity index is 1400. The summed E-state index contributed by atoms with van der Waals surface area (Å²) in [5.41, 5.74) is 5.32. The molecule has 0 amide bonds. The van der Waals surface area contributed by atoms with E-state index in [0.717, 1.165) is 27.7 Å². The second-order valence-electron chi connectivity index (χ2n) is 7.66. The van der Waals surface area contributed by atoms with Gasteiger partial charge in [-0.1, -0.05) is 30.3 Å². The largest absolute Gasteiger partial charge is 0.545 e. The second-order valence-corrected chi connectivity index (χ2v) is 7.66. The first kappa shape index (κ1) is 20.6. The Morgan fingerprint density at radius 1 is 1.12 bits per heavy atom. The summed E-state index contributed by atoms with van der Waals surface area (Å²) >= 11 is 0. The molecule has 3 aromatic carbocycles. The van der Waals surface area contributed by atoms with Crippen molar-refractivity contribution in [3.8, 4) is 17.2 Å². The van der Waals surface area contributed by atoms with E-state index >= 15 is 0 Å². The monoisotopic (exact) mass is 441 g/mol. The number of ether oxygens (including phenoxy) is 3. The van der Waals surface area contributed by atoms with Crippen LogP contribution in [0, 0.1) is 0 Å². The molecular formula is C26H21N2O5-. The molecule has 2 heterocycles. The van der Waals surface area contributed by atoms with Crippen molar-refractivity contribution in [2.45, 2.75) is 13.2 Å². The van der Waals surface area contributed by atoms with Gasteiger partial charge in [0.05, 0.1) is 32.0 Å². The highest BCUT2D eigenvalue weighted by Crippen LogP contribution is 2.38. The van der Waals surface area contributed by atoms with Crippen LogP contribution in [0.15, 0.2) is 67.0 Å². The summed E-state index contributed by atoms with van der Waals surface area (Å²) in [5.74, 6) is 0.703. The summed E-state index contributed by atoms with van der Waals surface area (Å²) in [6.45, 7) is 0.888. The van der Waals surface area contributed by atoms with Crippen molar-refractivity contribution in [2.24, 2.45) is 0 Å². The highest BCUT2D eigenvalue weighted by atomic mass is 16.5. The van der Waals surface area contributed by atoms with Gasteiger partial charge in [-0.15, -0.1) is 0 Å². The normalized spacial score (nSPS) is 13.7. The summed E-state index contributed by atoms with van der Waals surface area (Å²) in [6.07, 6.45) is 3.81. The van der Waals surface area contributed by atoms with Gasteiger partial charge in [0, 0.05) is 24.2 Å². The van der Waals surface area contributed by atoms with Crippen LogP contribution in [0.2, 0.25) is 0 Å². The zero-order valence-electron chi connectivity index (χ0n) is 18.2. The molecule has 0 saturated heterocycles. The molecule has 0 saturated carbocycles. The number of carboxylic acid groups (broad SMARTS) is 1. The van der Waals surface area contributed by atoms with Crippen LogP contribution in [0.5, 0.6) is 17.2 Å². The van der Waals surface area contributed by atoms with Crippen molar-refractivity contribution in [1.29, 1.82) is 0 Å². The maximum atomic E-state index is 11.5. The predicted octanol–water partition coefficient (Wildman–Crippen LogP) is 3.44. The number of rotatable bonds is 5. The zero-order chi connectivity index (χ0) is 22.9. The van der Waals surface area contributed by atoms with Crippen molar-refractivity contribution in [3.63, 3.8) is 0 Å². The molecule has 0 aliphatic carbocycles. The van der Waals surface area contributed by atoms with Crippen molar-refractivity contribution in [1.82, 2.24) is 9.55 Å². The Morgan fingerprint density at radius 2 is 1.97 bits per heavy atom. The molecule has 0 bridgehead atoms. The van der Waals surface area contributed by atoms with Gasteiger partial charge in [0.2, 0.25) is 0 Å². The first-order chi connectivity index (χ1) is 16.1. The fourth-order valence-electron chi connectivity index (χ4n) is 4.14. The van der Waals surface area contributed by atoms with Gasteiger partial charge in [-0.2, -0.15) is 0 Å². The molecule has 1 aromatic heterocycles. The molecule has 7 nitrogen and oxygen atoms in total. The molecule has 5 rings (SSSR count). The van der Waals surface area contributed by atoms with Crippen molar-refractivity contribution < 1.29 is 24.1 Å². The molecular weight excluding hydrogens is 420 g/mol. The quantitative estimate of drug-likeness (QED) is 0.472. The molecule has 33 heavy (non-hydrogen) atoms. The Morgan fingerprint density at radius 3 is 2.76 bits per heavy atom. The second kappa shape index (κ2) is 8.35. The Balaban J connectivity index is 1.65. The smallest absolute Gasteiger partial charge is 0.150 e. The van der Waals surface area contributed by atoms with Crippen molar-refractivity contribution in [2.75, 3.05) is 14.2 Å². The first-order valence-corrected chi connectivity index (χ1v) is 10.4. The molecule has 0 fully saturated rings. The number of carbonyl (C=O) groups is 1. The molecule has 4 aromatic rings. The summed E-state index contributed by atoms with van der Waals surface area (Å²) in [5, 5.41) is 11.5. The number of nitrogens with zero attached hydrogens (tertiary/aromatic N) is 2. The van der Waals surface area contributed by atoms with Crippen LogP contribution in [-0.4, -0.2) is 29.7 Å². The number of hydrogen-bond acceptors (Lipinski definition) is 6. The molecule has 0 unspecified atom stereocenters. The van der Waals surface area contributed by atoms with Gasteiger partial charge in [-0.05, 0) is 40.5 Å². The van der Waals surface area contributed by atoms with E-state index in [1.165, 1.54) is 6.07 Å². The third-order valence-corrected chi connectivity index (χ3v) is 5.81. The third kappa shape index (κ3) is 3.67. The standard InChI is InChI=1S/C26H22N2O5/c1-31-18-12-22-25(24(13-18)32-2)27-15-28(22)10-9-20-19-6-4-3-5-17(19)14-33-23-8-7-16(26(29)30)11-21(20)23/h3-9,11-13,15H,10,14H2,1-2H3,(H,29,30)/p-1/b20-9+. The maximum absolute atomic E-state index is 11.5. The van der Waals surface area contributed by atoms with Crippen LogP contribution in [-0.2, 0) is 13.2 Å². The van der Waals surface area contributed by atoms with E-state index in [1.807, 2.05) is 34.9 Å². The number of hydrogen-bond donors (Lipinski definition) is 0. The van der Waals surface area contributed by atoms with Crippen LogP contribution in [0.1, 0.15) is 27.0 Å². The fourth-order valence-corrected chi connectivity index (χ4v) is 4.14. The number of carboxylic acids is 1. The van der Waals surface area contributed by atoms with E-state index in [-0.39, 0.29) is 5.56 Å². The molecule has 7 heteroatoms. The van der Waals surface area contributed by atoms with Gasteiger partial charge in [-0.3, -0.25) is 0 Å². The number of benzene rings is 3. The lowest BCUT2D eigenvalue weighted by Gasteiger charge is -2.13. The summed E-state index contributed by atoms with van der Waals surface area (Å²) < 4.78 is 18.9. The number of aromatic nitrogens is 2. The topological polar surface area (TPSA) is 85.6 Å². The van der Waals surface area contributed by atoms with Gasteiger partial charge in [0.15, 0.2) is 0 Å². The number of allylic oxidation sites excluding steroid dienone is 1. The van der Waals surface area contributed by atoms with Gasteiger partial charge in [0.25, 0.3) is 0 Å². The van der Waals surface area contributed by atoms with E-state index in [4.69, 9.17) is 14.2 Å². The zero-order valence-corrected chi connectivity index (χ0v) is 18.2. The number of aromatic carboxylic acids is 1. The van der Waals surface area contributed by atoms with Crippen molar-refractivity contribution >= 4 is 22.6 Å². The summed E-state index contributed by atoms with van der Waals surface area (Å²) in [4.78, 5) is 16.0. The average Bonchev–Trinajstić information content (AvgIpc) is 3.18. The molecule has 0 spiro atoms.